The third-order valence-corrected chi connectivity index (χ3v) is 3.59. The van der Waals surface area contributed by atoms with E-state index in [1.807, 2.05) is 19.9 Å². The van der Waals surface area contributed by atoms with Gasteiger partial charge in [0.05, 0.1) is 6.54 Å². The second kappa shape index (κ2) is 5.87. The molecule has 1 fully saturated rings. The molecule has 1 heterocycles. The highest BCUT2D eigenvalue weighted by atomic mass is 16.4. The van der Waals surface area contributed by atoms with Gasteiger partial charge in [-0.1, -0.05) is 6.92 Å². The van der Waals surface area contributed by atoms with Crippen molar-refractivity contribution in [1.82, 2.24) is 10.6 Å². The van der Waals surface area contributed by atoms with Gasteiger partial charge in [0.15, 0.2) is 5.96 Å². The number of nitrogens with zero attached hydrogens (tertiary/aromatic N) is 1. The number of aliphatic imine (C=N–C) groups is 1. The van der Waals surface area contributed by atoms with Gasteiger partial charge in [-0.3, -0.25) is 0 Å². The van der Waals surface area contributed by atoms with Crippen LogP contribution in [0.5, 0.6) is 0 Å². The van der Waals surface area contributed by atoms with E-state index in [1.165, 1.54) is 6.42 Å². The van der Waals surface area contributed by atoms with Crippen LogP contribution in [0.2, 0.25) is 0 Å². The summed E-state index contributed by atoms with van der Waals surface area (Å²) in [6, 6.07) is 4.15. The lowest BCUT2D eigenvalue weighted by Gasteiger charge is -2.19. The summed E-state index contributed by atoms with van der Waals surface area (Å²) in [4.78, 5) is 4.47. The van der Waals surface area contributed by atoms with E-state index in [-0.39, 0.29) is 6.54 Å². The largest absolute Gasteiger partial charge is 0.463 e. The summed E-state index contributed by atoms with van der Waals surface area (Å²) in [6.45, 7) is 8.89. The monoisotopic (exact) mass is 279 g/mol. The quantitative estimate of drug-likeness (QED) is 0.567. The average molecular weight is 279 g/mol. The number of nitrogens with one attached hydrogen (secondary N) is 2. The van der Waals surface area contributed by atoms with Crippen molar-refractivity contribution < 1.29 is 9.52 Å². The Morgan fingerprint density at radius 1 is 1.55 bits per heavy atom. The van der Waals surface area contributed by atoms with Gasteiger partial charge >= 0.3 is 0 Å². The van der Waals surface area contributed by atoms with Crippen LogP contribution in [0.25, 0.3) is 0 Å². The van der Waals surface area contributed by atoms with Crippen molar-refractivity contribution in [2.24, 2.45) is 10.9 Å². The minimum Gasteiger partial charge on any atom is -0.463 e. The summed E-state index contributed by atoms with van der Waals surface area (Å²) < 4.78 is 5.49. The highest BCUT2D eigenvalue weighted by Gasteiger charge is 2.33. The molecule has 0 amide bonds. The maximum Gasteiger partial charge on any atom is 0.191 e. The van der Waals surface area contributed by atoms with Gasteiger partial charge in [0.25, 0.3) is 0 Å². The normalized spacial score (nSPS) is 25.1. The molecular formula is C15H25N3O2. The number of aliphatic hydroxyl groups is 1. The molecule has 5 heteroatoms. The standard InChI is InChI=1S/C15H25N3O2/c1-5-16-14(18-12-8-10(12)2)17-9-15(4,19)13-7-6-11(3)20-13/h6-7,10,12,19H,5,8-9H2,1-4H3,(H2,16,17,18). The van der Waals surface area contributed by atoms with Crippen molar-refractivity contribution in [2.75, 3.05) is 13.1 Å². The molecule has 1 aliphatic rings. The van der Waals surface area contributed by atoms with E-state index in [0.29, 0.717) is 17.7 Å². The molecule has 5 nitrogen and oxygen atoms in total. The van der Waals surface area contributed by atoms with Crippen molar-refractivity contribution in [3.63, 3.8) is 0 Å². The van der Waals surface area contributed by atoms with Crippen molar-refractivity contribution in [1.29, 1.82) is 0 Å². The molecule has 0 aromatic carbocycles. The zero-order valence-corrected chi connectivity index (χ0v) is 12.7. The Kier molecular flexibility index (Phi) is 4.38. The van der Waals surface area contributed by atoms with Crippen molar-refractivity contribution >= 4 is 5.96 Å². The molecule has 3 atom stereocenters. The molecule has 2 rings (SSSR count). The van der Waals surface area contributed by atoms with E-state index in [1.54, 1.807) is 13.0 Å². The molecular weight excluding hydrogens is 254 g/mol. The Morgan fingerprint density at radius 3 is 2.75 bits per heavy atom. The van der Waals surface area contributed by atoms with Crippen LogP contribution in [0.3, 0.4) is 0 Å². The Bertz CT molecular complexity index is 479. The summed E-state index contributed by atoms with van der Waals surface area (Å²) in [5.41, 5.74) is -1.09. The predicted octanol–water partition coefficient (Wildman–Crippen LogP) is 1.76. The fraction of sp³-hybridized carbons (Fsp3) is 0.667. The first-order valence-electron chi connectivity index (χ1n) is 7.26. The molecule has 3 unspecified atom stereocenters. The molecule has 0 aliphatic heterocycles. The van der Waals surface area contributed by atoms with Crippen LogP contribution >= 0.6 is 0 Å². The molecule has 112 valence electrons. The number of rotatable bonds is 5. The SMILES string of the molecule is CCNC(=NCC(C)(O)c1ccc(C)o1)NC1CC1C. The molecule has 3 N–H and O–H groups in total. The smallest absolute Gasteiger partial charge is 0.191 e. The van der Waals surface area contributed by atoms with E-state index >= 15 is 0 Å². The summed E-state index contributed by atoms with van der Waals surface area (Å²) in [7, 11) is 0. The van der Waals surface area contributed by atoms with Crippen LogP contribution in [0.1, 0.15) is 38.7 Å². The van der Waals surface area contributed by atoms with Gasteiger partial charge in [-0.05, 0) is 45.2 Å². The van der Waals surface area contributed by atoms with Crippen molar-refractivity contribution in [3.8, 4) is 0 Å². The number of furan rings is 1. The highest BCUT2D eigenvalue weighted by molar-refractivity contribution is 5.80. The third kappa shape index (κ3) is 3.76. The van der Waals surface area contributed by atoms with Crippen LogP contribution < -0.4 is 10.6 Å². The number of aryl methyl sites for hydroxylation is 1. The number of guanidine groups is 1. The highest BCUT2D eigenvalue weighted by Crippen LogP contribution is 2.29. The van der Waals surface area contributed by atoms with Crippen LogP contribution in [-0.4, -0.2) is 30.2 Å². The zero-order chi connectivity index (χ0) is 14.8. The lowest BCUT2D eigenvalue weighted by molar-refractivity contribution is 0.0428. The molecule has 0 radical (unpaired) electrons. The summed E-state index contributed by atoms with van der Waals surface area (Å²) in [5.74, 6) is 2.80. The van der Waals surface area contributed by atoms with Gasteiger partial charge in [0.2, 0.25) is 0 Å². The maximum atomic E-state index is 10.5. The van der Waals surface area contributed by atoms with E-state index in [4.69, 9.17) is 4.42 Å². The fourth-order valence-corrected chi connectivity index (χ4v) is 2.05. The molecule has 0 saturated heterocycles. The van der Waals surface area contributed by atoms with E-state index in [0.717, 1.165) is 18.3 Å². The first-order chi connectivity index (χ1) is 9.42. The van der Waals surface area contributed by atoms with Gasteiger partial charge in [-0.15, -0.1) is 0 Å². The summed E-state index contributed by atoms with van der Waals surface area (Å²) in [6.07, 6.45) is 1.18. The van der Waals surface area contributed by atoms with Gasteiger partial charge in [-0.25, -0.2) is 4.99 Å². The van der Waals surface area contributed by atoms with Gasteiger partial charge in [0, 0.05) is 12.6 Å². The van der Waals surface area contributed by atoms with Gasteiger partial charge in [-0.2, -0.15) is 0 Å². The molecule has 0 spiro atoms. The van der Waals surface area contributed by atoms with Crippen LogP contribution in [0.15, 0.2) is 21.5 Å². The minimum absolute atomic E-state index is 0.260. The van der Waals surface area contributed by atoms with Crippen molar-refractivity contribution in [3.05, 3.63) is 23.7 Å². The lowest BCUT2D eigenvalue weighted by Crippen LogP contribution is -2.40. The second-order valence-electron chi connectivity index (χ2n) is 5.84. The van der Waals surface area contributed by atoms with Crippen molar-refractivity contribution in [2.45, 2.75) is 45.8 Å². The molecule has 1 saturated carbocycles. The van der Waals surface area contributed by atoms with Crippen LogP contribution in [-0.2, 0) is 5.60 Å². The summed E-state index contributed by atoms with van der Waals surface area (Å²) >= 11 is 0. The van der Waals surface area contributed by atoms with Gasteiger partial charge < -0.3 is 20.2 Å². The maximum absolute atomic E-state index is 10.5. The zero-order valence-electron chi connectivity index (χ0n) is 12.7. The van der Waals surface area contributed by atoms with Crippen LogP contribution in [0.4, 0.5) is 0 Å². The Hall–Kier alpha value is -1.49. The Balaban J connectivity index is 1.99. The van der Waals surface area contributed by atoms with E-state index in [2.05, 4.69) is 22.5 Å². The minimum atomic E-state index is -1.09. The topological polar surface area (TPSA) is 69.8 Å². The molecule has 1 aromatic heterocycles. The molecule has 0 bridgehead atoms. The lowest BCUT2D eigenvalue weighted by atomic mass is 10.0. The molecule has 20 heavy (non-hydrogen) atoms. The summed E-state index contributed by atoms with van der Waals surface area (Å²) in [5, 5.41) is 17.0. The average Bonchev–Trinajstić information content (AvgIpc) is 2.87. The first-order valence-corrected chi connectivity index (χ1v) is 7.26. The van der Waals surface area contributed by atoms with E-state index < -0.39 is 5.60 Å². The van der Waals surface area contributed by atoms with E-state index in [9.17, 15) is 5.11 Å². The number of hydrogen-bond acceptors (Lipinski definition) is 3. The first kappa shape index (κ1) is 14.9. The molecule has 1 aromatic rings. The second-order valence-corrected chi connectivity index (χ2v) is 5.84. The third-order valence-electron chi connectivity index (χ3n) is 3.59. The van der Waals surface area contributed by atoms with Gasteiger partial charge in [0.1, 0.15) is 17.1 Å². The Morgan fingerprint density at radius 2 is 2.25 bits per heavy atom. The fourth-order valence-electron chi connectivity index (χ4n) is 2.05. The Labute approximate surface area is 120 Å². The molecule has 1 aliphatic carbocycles. The van der Waals surface area contributed by atoms with Crippen LogP contribution in [0, 0.1) is 12.8 Å². The number of hydrogen-bond donors (Lipinski definition) is 3. The predicted molar refractivity (Wildman–Crippen MR) is 79.7 cm³/mol.